The normalized spacial score (nSPS) is 19.1. The summed E-state index contributed by atoms with van der Waals surface area (Å²) in [4.78, 5) is 4.35. The van der Waals surface area contributed by atoms with Crippen LogP contribution in [-0.2, 0) is 9.31 Å². The fourth-order valence-corrected chi connectivity index (χ4v) is 2.20. The van der Waals surface area contributed by atoms with Crippen LogP contribution in [0.2, 0.25) is 0 Å². The van der Waals surface area contributed by atoms with E-state index in [1.807, 2.05) is 24.3 Å². The minimum Gasteiger partial charge on any atom is -0.407 e. The van der Waals surface area contributed by atoms with Crippen molar-refractivity contribution in [2.75, 3.05) is 13.2 Å². The molecule has 1 aliphatic rings. The molecular weight excluding hydrogens is 225 g/mol. The summed E-state index contributed by atoms with van der Waals surface area (Å²) in [5, 5.41) is 1.10. The molecule has 1 aliphatic heterocycles. The number of hydrogen-bond donors (Lipinski definition) is 0. The van der Waals surface area contributed by atoms with Gasteiger partial charge in [-0.2, -0.15) is 0 Å². The van der Waals surface area contributed by atoms with Crippen molar-refractivity contribution in [3.8, 4) is 0 Å². The van der Waals surface area contributed by atoms with Crippen molar-refractivity contribution in [3.63, 3.8) is 0 Å². The summed E-state index contributed by atoms with van der Waals surface area (Å²) < 4.78 is 11.7. The van der Waals surface area contributed by atoms with E-state index in [1.165, 1.54) is 0 Å². The summed E-state index contributed by atoms with van der Waals surface area (Å²) >= 11 is 0. The molecule has 0 saturated carbocycles. The predicted octanol–water partition coefficient (Wildman–Crippen LogP) is 2.00. The van der Waals surface area contributed by atoms with Gasteiger partial charge >= 0.3 is 7.12 Å². The van der Waals surface area contributed by atoms with Gasteiger partial charge in [0.25, 0.3) is 0 Å². The molecule has 0 spiro atoms. The summed E-state index contributed by atoms with van der Waals surface area (Å²) in [5.74, 6) is 0. The van der Waals surface area contributed by atoms with E-state index >= 15 is 0 Å². The minimum absolute atomic E-state index is 0.0966. The Kier molecular flexibility index (Phi) is 2.84. The number of nitrogens with zero attached hydrogens (tertiary/aromatic N) is 1. The highest BCUT2D eigenvalue weighted by Gasteiger charge is 2.34. The third-order valence-electron chi connectivity index (χ3n) is 3.18. The number of hydrogen-bond acceptors (Lipinski definition) is 3. The van der Waals surface area contributed by atoms with Crippen LogP contribution in [0, 0.1) is 5.41 Å². The molecule has 0 radical (unpaired) electrons. The third-order valence-corrected chi connectivity index (χ3v) is 3.18. The summed E-state index contributed by atoms with van der Waals surface area (Å²) in [6.07, 6.45) is 1.80. The van der Waals surface area contributed by atoms with Crippen LogP contribution in [0.3, 0.4) is 0 Å². The van der Waals surface area contributed by atoms with Crippen molar-refractivity contribution in [3.05, 3.63) is 36.5 Å². The van der Waals surface area contributed by atoms with E-state index in [1.54, 1.807) is 6.20 Å². The molecule has 1 fully saturated rings. The molecule has 0 N–H and O–H groups in total. The molecule has 1 saturated heterocycles. The quantitative estimate of drug-likeness (QED) is 0.715. The zero-order valence-corrected chi connectivity index (χ0v) is 10.7. The number of aromatic nitrogens is 1. The van der Waals surface area contributed by atoms with Gasteiger partial charge in [0.15, 0.2) is 0 Å². The Morgan fingerprint density at radius 3 is 2.67 bits per heavy atom. The second kappa shape index (κ2) is 4.37. The Balaban J connectivity index is 1.96. The van der Waals surface area contributed by atoms with Crippen molar-refractivity contribution in [2.45, 2.75) is 13.8 Å². The summed E-state index contributed by atoms with van der Waals surface area (Å²) in [5.41, 5.74) is 2.14. The van der Waals surface area contributed by atoms with Gasteiger partial charge in [-0.15, -0.1) is 0 Å². The first kappa shape index (κ1) is 11.7. The summed E-state index contributed by atoms with van der Waals surface area (Å²) in [6.45, 7) is 5.73. The Morgan fingerprint density at radius 2 is 1.89 bits per heavy atom. The lowest BCUT2D eigenvalue weighted by Gasteiger charge is -2.33. The van der Waals surface area contributed by atoms with Crippen LogP contribution in [0.4, 0.5) is 0 Å². The maximum atomic E-state index is 5.84. The van der Waals surface area contributed by atoms with Gasteiger partial charge in [0.1, 0.15) is 0 Å². The van der Waals surface area contributed by atoms with Crippen molar-refractivity contribution in [1.29, 1.82) is 0 Å². The highest BCUT2D eigenvalue weighted by Crippen LogP contribution is 2.22. The van der Waals surface area contributed by atoms with E-state index < -0.39 is 0 Å². The minimum atomic E-state index is -0.272. The van der Waals surface area contributed by atoms with Gasteiger partial charge in [-0.3, -0.25) is 4.98 Å². The van der Waals surface area contributed by atoms with Gasteiger partial charge < -0.3 is 9.31 Å². The molecule has 92 valence electrons. The lowest BCUT2D eigenvalue weighted by molar-refractivity contribution is 0.0344. The number of rotatable bonds is 1. The van der Waals surface area contributed by atoms with E-state index in [9.17, 15) is 0 Å². The van der Waals surface area contributed by atoms with Gasteiger partial charge in [-0.25, -0.2) is 0 Å². The first-order valence-corrected chi connectivity index (χ1v) is 6.23. The molecule has 0 atom stereocenters. The van der Waals surface area contributed by atoms with Crippen LogP contribution in [0.5, 0.6) is 0 Å². The third kappa shape index (κ3) is 2.14. The fraction of sp³-hybridized carbons (Fsp3) is 0.357. The molecule has 0 aliphatic carbocycles. The summed E-state index contributed by atoms with van der Waals surface area (Å²) in [7, 11) is -0.272. The van der Waals surface area contributed by atoms with Crippen LogP contribution >= 0.6 is 0 Å². The lowest BCUT2D eigenvalue weighted by atomic mass is 9.74. The maximum absolute atomic E-state index is 5.84. The standard InChI is InChI=1S/C14H16BNO2/c1-14(2)9-17-15(18-10-14)12-6-3-7-13-11(12)5-4-8-16-13/h3-8H,9-10H2,1-2H3. The molecule has 2 aromatic rings. The SMILES string of the molecule is CC1(C)COB(c2cccc3ncccc23)OC1. The zero-order chi connectivity index (χ0) is 12.6. The van der Waals surface area contributed by atoms with Crippen LogP contribution in [0.25, 0.3) is 10.9 Å². The molecule has 0 bridgehead atoms. The maximum Gasteiger partial charge on any atom is 0.494 e. The van der Waals surface area contributed by atoms with Crippen LogP contribution < -0.4 is 5.46 Å². The smallest absolute Gasteiger partial charge is 0.407 e. The molecule has 4 heteroatoms. The molecular formula is C14H16BNO2. The van der Waals surface area contributed by atoms with Crippen molar-refractivity contribution in [2.24, 2.45) is 5.41 Å². The zero-order valence-electron chi connectivity index (χ0n) is 10.7. The number of pyridine rings is 1. The Morgan fingerprint density at radius 1 is 1.11 bits per heavy atom. The van der Waals surface area contributed by atoms with Crippen LogP contribution in [0.15, 0.2) is 36.5 Å². The average molecular weight is 241 g/mol. The molecule has 18 heavy (non-hydrogen) atoms. The molecule has 1 aromatic heterocycles. The average Bonchev–Trinajstić information content (AvgIpc) is 2.38. The highest BCUT2D eigenvalue weighted by atomic mass is 16.6. The van der Waals surface area contributed by atoms with Gasteiger partial charge in [-0.05, 0) is 23.0 Å². The molecule has 3 nitrogen and oxygen atoms in total. The van der Waals surface area contributed by atoms with E-state index in [4.69, 9.17) is 9.31 Å². The van der Waals surface area contributed by atoms with Crippen molar-refractivity contribution < 1.29 is 9.31 Å². The van der Waals surface area contributed by atoms with Crippen molar-refractivity contribution >= 4 is 23.5 Å². The second-order valence-corrected chi connectivity index (χ2v) is 5.54. The lowest BCUT2D eigenvalue weighted by Crippen LogP contribution is -2.47. The topological polar surface area (TPSA) is 31.4 Å². The first-order chi connectivity index (χ1) is 8.66. The number of benzene rings is 1. The molecule has 2 heterocycles. The van der Waals surface area contributed by atoms with E-state index in [0.29, 0.717) is 13.2 Å². The van der Waals surface area contributed by atoms with Gasteiger partial charge in [0, 0.05) is 24.8 Å². The van der Waals surface area contributed by atoms with Crippen LogP contribution in [-0.4, -0.2) is 25.3 Å². The molecule has 0 amide bonds. The Hall–Kier alpha value is -1.39. The molecule has 1 aromatic carbocycles. The van der Waals surface area contributed by atoms with Crippen molar-refractivity contribution in [1.82, 2.24) is 4.98 Å². The van der Waals surface area contributed by atoms with E-state index in [-0.39, 0.29) is 12.5 Å². The largest absolute Gasteiger partial charge is 0.494 e. The Labute approximate surface area is 107 Å². The molecule has 0 unspecified atom stereocenters. The van der Waals surface area contributed by atoms with Gasteiger partial charge in [0.05, 0.1) is 5.52 Å². The van der Waals surface area contributed by atoms with Gasteiger partial charge in [0.2, 0.25) is 0 Å². The van der Waals surface area contributed by atoms with Gasteiger partial charge in [-0.1, -0.05) is 32.0 Å². The molecule has 3 rings (SSSR count). The predicted molar refractivity (Wildman–Crippen MR) is 72.8 cm³/mol. The van der Waals surface area contributed by atoms with E-state index in [2.05, 4.69) is 24.9 Å². The highest BCUT2D eigenvalue weighted by molar-refractivity contribution is 6.64. The second-order valence-electron chi connectivity index (χ2n) is 5.54. The fourth-order valence-electron chi connectivity index (χ4n) is 2.20. The van der Waals surface area contributed by atoms with E-state index in [0.717, 1.165) is 16.4 Å². The number of fused-ring (bicyclic) bond motifs is 1. The summed E-state index contributed by atoms with van der Waals surface area (Å²) in [6, 6.07) is 10.1. The first-order valence-electron chi connectivity index (χ1n) is 6.23. The van der Waals surface area contributed by atoms with Crippen LogP contribution in [0.1, 0.15) is 13.8 Å². The Bertz CT molecular complexity index is 555. The monoisotopic (exact) mass is 241 g/mol.